The van der Waals surface area contributed by atoms with Crippen molar-refractivity contribution in [1.29, 1.82) is 0 Å². The number of aliphatic hydroxyl groups excluding tert-OH is 1. The third kappa shape index (κ3) is 7.26. The number of likely N-dealkylation sites (tertiary alicyclic amines) is 1. The summed E-state index contributed by atoms with van der Waals surface area (Å²) in [6.07, 6.45) is 0.445. The number of carboxylic acids is 1. The molecule has 1 fully saturated rings. The Bertz CT molecular complexity index is 669. The van der Waals surface area contributed by atoms with Crippen molar-refractivity contribution in [2.45, 2.75) is 63.7 Å². The fraction of sp³-hybridized carbons (Fsp3) is 0.722. The van der Waals surface area contributed by atoms with Gasteiger partial charge in [0.1, 0.15) is 24.2 Å². The summed E-state index contributed by atoms with van der Waals surface area (Å²) in [5.74, 6) is -4.29. The van der Waals surface area contributed by atoms with Crippen LogP contribution in [-0.4, -0.2) is 82.0 Å². The molecule has 0 saturated carbocycles. The summed E-state index contributed by atoms with van der Waals surface area (Å²) in [5, 5.41) is 23.1. The standard InChI is InChI=1S/C18H31N5O7/c1-9(2)6-12(18(29)30)22-15(26)11(7-14(20)25)21-16(27)13-4-3-5-23(13)17(28)10(19)8-24/h9-13,24H,3-8,19H2,1-2H3,(H2,20,25)(H,21,27)(H,22,26)(H,29,30). The molecule has 0 aromatic heterocycles. The number of aliphatic carboxylic acids is 1. The van der Waals surface area contributed by atoms with E-state index < -0.39 is 66.8 Å². The van der Waals surface area contributed by atoms with Gasteiger partial charge in [0, 0.05) is 6.54 Å². The molecule has 1 rings (SSSR count). The minimum atomic E-state index is -1.40. The second-order valence-electron chi connectivity index (χ2n) is 7.74. The monoisotopic (exact) mass is 429 g/mol. The molecule has 0 aliphatic carbocycles. The van der Waals surface area contributed by atoms with E-state index in [1.807, 2.05) is 0 Å². The maximum atomic E-state index is 12.7. The Kier molecular flexibility index (Phi) is 9.66. The van der Waals surface area contributed by atoms with Crippen LogP contribution < -0.4 is 22.1 Å². The number of nitrogens with one attached hydrogen (secondary N) is 2. The van der Waals surface area contributed by atoms with E-state index in [0.717, 1.165) is 0 Å². The van der Waals surface area contributed by atoms with Gasteiger partial charge in [0.15, 0.2) is 0 Å². The first-order chi connectivity index (χ1) is 14.0. The molecule has 0 spiro atoms. The third-order valence-corrected chi connectivity index (χ3v) is 4.71. The second kappa shape index (κ2) is 11.5. The Morgan fingerprint density at radius 1 is 1.13 bits per heavy atom. The molecule has 1 saturated heterocycles. The quantitative estimate of drug-likeness (QED) is 0.203. The second-order valence-corrected chi connectivity index (χ2v) is 7.74. The van der Waals surface area contributed by atoms with Gasteiger partial charge in [-0.3, -0.25) is 19.2 Å². The highest BCUT2D eigenvalue weighted by molar-refractivity contribution is 5.96. The van der Waals surface area contributed by atoms with Gasteiger partial charge in [-0.2, -0.15) is 0 Å². The molecular formula is C18H31N5O7. The summed E-state index contributed by atoms with van der Waals surface area (Å²) in [6, 6.07) is -4.69. The molecule has 1 aliphatic heterocycles. The molecule has 12 heteroatoms. The number of nitrogens with two attached hydrogens (primary N) is 2. The topological polar surface area (TPSA) is 205 Å². The van der Waals surface area contributed by atoms with E-state index in [2.05, 4.69) is 10.6 Å². The zero-order valence-corrected chi connectivity index (χ0v) is 17.2. The number of carboxylic acid groups (broad SMARTS) is 1. The molecule has 170 valence electrons. The molecular weight excluding hydrogens is 398 g/mol. The van der Waals surface area contributed by atoms with Crippen LogP contribution >= 0.6 is 0 Å². The van der Waals surface area contributed by atoms with Crippen molar-refractivity contribution in [3.05, 3.63) is 0 Å². The Balaban J connectivity index is 2.91. The minimum Gasteiger partial charge on any atom is -0.480 e. The molecule has 4 atom stereocenters. The number of primary amides is 1. The number of aliphatic hydroxyl groups is 1. The number of nitrogens with zero attached hydrogens (tertiary/aromatic N) is 1. The number of hydrogen-bond donors (Lipinski definition) is 6. The molecule has 4 amide bonds. The van der Waals surface area contributed by atoms with Crippen molar-refractivity contribution in [1.82, 2.24) is 15.5 Å². The fourth-order valence-electron chi connectivity index (χ4n) is 3.24. The maximum Gasteiger partial charge on any atom is 0.326 e. The van der Waals surface area contributed by atoms with E-state index in [-0.39, 0.29) is 18.9 Å². The van der Waals surface area contributed by atoms with E-state index >= 15 is 0 Å². The first-order valence-electron chi connectivity index (χ1n) is 9.76. The Labute approximate surface area is 174 Å². The van der Waals surface area contributed by atoms with Crippen LogP contribution in [0.3, 0.4) is 0 Å². The number of hydrogen-bond acceptors (Lipinski definition) is 7. The van der Waals surface area contributed by atoms with Gasteiger partial charge in [0.25, 0.3) is 0 Å². The fourth-order valence-corrected chi connectivity index (χ4v) is 3.24. The number of rotatable bonds is 11. The first-order valence-corrected chi connectivity index (χ1v) is 9.76. The lowest BCUT2D eigenvalue weighted by Gasteiger charge is -2.28. The lowest BCUT2D eigenvalue weighted by molar-refractivity contribution is -0.143. The zero-order valence-electron chi connectivity index (χ0n) is 17.2. The predicted octanol–water partition coefficient (Wildman–Crippen LogP) is -2.73. The largest absolute Gasteiger partial charge is 0.480 e. The van der Waals surface area contributed by atoms with Crippen LogP contribution in [0.25, 0.3) is 0 Å². The zero-order chi connectivity index (χ0) is 23.0. The van der Waals surface area contributed by atoms with Crippen molar-refractivity contribution in [2.24, 2.45) is 17.4 Å². The molecule has 0 radical (unpaired) electrons. The summed E-state index contributed by atoms with van der Waals surface area (Å²) in [7, 11) is 0. The first kappa shape index (κ1) is 25.3. The maximum absolute atomic E-state index is 12.7. The smallest absolute Gasteiger partial charge is 0.326 e. The molecule has 8 N–H and O–H groups in total. The van der Waals surface area contributed by atoms with Gasteiger partial charge >= 0.3 is 5.97 Å². The van der Waals surface area contributed by atoms with Gasteiger partial charge in [-0.15, -0.1) is 0 Å². The number of carbonyl (C=O) groups excluding carboxylic acids is 4. The van der Waals surface area contributed by atoms with E-state index in [0.29, 0.717) is 12.8 Å². The van der Waals surface area contributed by atoms with Crippen molar-refractivity contribution in [3.63, 3.8) is 0 Å². The van der Waals surface area contributed by atoms with Crippen molar-refractivity contribution in [3.8, 4) is 0 Å². The Morgan fingerprint density at radius 3 is 2.27 bits per heavy atom. The predicted molar refractivity (Wildman–Crippen MR) is 105 cm³/mol. The van der Waals surface area contributed by atoms with Gasteiger partial charge in [0.2, 0.25) is 23.6 Å². The van der Waals surface area contributed by atoms with Gasteiger partial charge in [-0.1, -0.05) is 13.8 Å². The summed E-state index contributed by atoms with van der Waals surface area (Å²) in [5.41, 5.74) is 10.7. The van der Waals surface area contributed by atoms with Crippen LogP contribution in [0.5, 0.6) is 0 Å². The van der Waals surface area contributed by atoms with Gasteiger partial charge in [0.05, 0.1) is 13.0 Å². The average molecular weight is 429 g/mol. The van der Waals surface area contributed by atoms with Gasteiger partial charge in [-0.05, 0) is 25.2 Å². The molecule has 0 bridgehead atoms. The highest BCUT2D eigenvalue weighted by atomic mass is 16.4. The molecule has 1 aliphatic rings. The van der Waals surface area contributed by atoms with Gasteiger partial charge < -0.3 is 37.2 Å². The summed E-state index contributed by atoms with van der Waals surface area (Å²) < 4.78 is 0. The highest BCUT2D eigenvalue weighted by Crippen LogP contribution is 2.18. The molecule has 0 aromatic carbocycles. The molecule has 4 unspecified atom stereocenters. The van der Waals surface area contributed by atoms with Crippen molar-refractivity contribution in [2.75, 3.05) is 13.2 Å². The summed E-state index contributed by atoms with van der Waals surface area (Å²) in [6.45, 7) is 3.25. The lowest BCUT2D eigenvalue weighted by atomic mass is 10.0. The molecule has 30 heavy (non-hydrogen) atoms. The van der Waals surface area contributed by atoms with Crippen LogP contribution in [0.2, 0.25) is 0 Å². The van der Waals surface area contributed by atoms with Gasteiger partial charge in [-0.25, -0.2) is 4.79 Å². The highest BCUT2D eigenvalue weighted by Gasteiger charge is 2.38. The van der Waals surface area contributed by atoms with Crippen LogP contribution in [0.1, 0.15) is 39.5 Å². The normalized spacial score (nSPS) is 19.1. The van der Waals surface area contributed by atoms with Crippen LogP contribution in [0, 0.1) is 5.92 Å². The number of amides is 4. The van der Waals surface area contributed by atoms with Crippen molar-refractivity contribution < 1.29 is 34.2 Å². The lowest BCUT2D eigenvalue weighted by Crippen LogP contribution is -2.57. The van der Waals surface area contributed by atoms with E-state index in [4.69, 9.17) is 16.6 Å². The SMILES string of the molecule is CC(C)CC(NC(=O)C(CC(N)=O)NC(=O)C1CCCN1C(=O)C(N)CO)C(=O)O. The van der Waals surface area contributed by atoms with E-state index in [9.17, 15) is 29.1 Å². The van der Waals surface area contributed by atoms with Crippen LogP contribution in [0.15, 0.2) is 0 Å². The third-order valence-electron chi connectivity index (χ3n) is 4.71. The molecule has 1 heterocycles. The summed E-state index contributed by atoms with van der Waals surface area (Å²) >= 11 is 0. The molecule has 12 nitrogen and oxygen atoms in total. The minimum absolute atomic E-state index is 0.0237. The van der Waals surface area contributed by atoms with Crippen molar-refractivity contribution >= 4 is 29.6 Å². The summed E-state index contributed by atoms with van der Waals surface area (Å²) in [4.78, 5) is 61.5. The Morgan fingerprint density at radius 2 is 1.77 bits per heavy atom. The van der Waals surface area contributed by atoms with Crippen LogP contribution in [0.4, 0.5) is 0 Å². The van der Waals surface area contributed by atoms with E-state index in [1.54, 1.807) is 13.8 Å². The average Bonchev–Trinajstić information content (AvgIpc) is 3.14. The molecule has 0 aromatic rings. The number of carbonyl (C=O) groups is 5. The Hall–Kier alpha value is -2.73. The van der Waals surface area contributed by atoms with E-state index in [1.165, 1.54) is 4.90 Å². The van der Waals surface area contributed by atoms with Crippen LogP contribution in [-0.2, 0) is 24.0 Å².